The lowest BCUT2D eigenvalue weighted by molar-refractivity contribution is 0.140. The maximum Gasteiger partial charge on any atom is 0.176 e. The second-order valence-corrected chi connectivity index (χ2v) is 4.09. The SMILES string of the molecule is NOCCc1c(F)cc2c(c1Br)OCCO2. The van der Waals surface area contributed by atoms with Crippen molar-refractivity contribution in [2.24, 2.45) is 5.90 Å². The first-order valence-electron chi connectivity index (χ1n) is 4.82. The van der Waals surface area contributed by atoms with E-state index < -0.39 is 0 Å². The minimum absolute atomic E-state index is 0.245. The molecule has 2 rings (SSSR count). The summed E-state index contributed by atoms with van der Waals surface area (Å²) in [5, 5.41) is 0. The summed E-state index contributed by atoms with van der Waals surface area (Å²) in [6.45, 7) is 1.14. The number of nitrogens with two attached hydrogens (primary N) is 1. The highest BCUT2D eigenvalue weighted by Crippen LogP contribution is 2.41. The molecule has 4 nitrogen and oxygen atoms in total. The van der Waals surface area contributed by atoms with Gasteiger partial charge in [0.25, 0.3) is 0 Å². The van der Waals surface area contributed by atoms with Gasteiger partial charge in [-0.25, -0.2) is 10.3 Å². The van der Waals surface area contributed by atoms with Gasteiger partial charge in [-0.2, -0.15) is 0 Å². The Hall–Kier alpha value is -0.850. The molecule has 6 heteroatoms. The van der Waals surface area contributed by atoms with Crippen molar-refractivity contribution in [3.8, 4) is 11.5 Å². The maximum absolute atomic E-state index is 13.7. The standard InChI is InChI=1S/C10H11BrFNO3/c11-9-6(1-2-16-13)7(12)5-8-10(9)15-4-3-14-8/h5H,1-4,13H2. The van der Waals surface area contributed by atoms with Crippen LogP contribution in [0.3, 0.4) is 0 Å². The molecule has 16 heavy (non-hydrogen) atoms. The van der Waals surface area contributed by atoms with Gasteiger partial charge in [-0.1, -0.05) is 0 Å². The average Bonchev–Trinajstić information content (AvgIpc) is 2.29. The topological polar surface area (TPSA) is 53.7 Å². The molecule has 1 aromatic carbocycles. The van der Waals surface area contributed by atoms with Gasteiger partial charge < -0.3 is 14.3 Å². The molecule has 0 aliphatic carbocycles. The molecular weight excluding hydrogens is 281 g/mol. The fourth-order valence-corrected chi connectivity index (χ4v) is 2.24. The zero-order valence-electron chi connectivity index (χ0n) is 8.46. The van der Waals surface area contributed by atoms with Crippen molar-refractivity contribution in [3.05, 3.63) is 21.9 Å². The van der Waals surface area contributed by atoms with Crippen molar-refractivity contribution in [1.29, 1.82) is 0 Å². The van der Waals surface area contributed by atoms with Gasteiger partial charge >= 0.3 is 0 Å². The van der Waals surface area contributed by atoms with E-state index in [1.807, 2.05) is 0 Å². The predicted octanol–water partition coefficient (Wildman–Crippen LogP) is 1.79. The Morgan fingerprint density at radius 1 is 1.44 bits per heavy atom. The first-order valence-corrected chi connectivity index (χ1v) is 5.61. The van der Waals surface area contributed by atoms with Gasteiger partial charge in [-0.15, -0.1) is 0 Å². The van der Waals surface area contributed by atoms with Gasteiger partial charge in [0.1, 0.15) is 19.0 Å². The number of hydrogen-bond donors (Lipinski definition) is 1. The first-order chi connectivity index (χ1) is 7.74. The Morgan fingerprint density at radius 3 is 2.94 bits per heavy atom. The predicted molar refractivity (Wildman–Crippen MR) is 58.9 cm³/mol. The molecule has 0 fully saturated rings. The Labute approximate surface area is 101 Å². The van der Waals surface area contributed by atoms with Crippen molar-refractivity contribution in [3.63, 3.8) is 0 Å². The molecule has 0 spiro atoms. The van der Waals surface area contributed by atoms with E-state index in [0.29, 0.717) is 41.2 Å². The van der Waals surface area contributed by atoms with E-state index in [1.54, 1.807) is 0 Å². The molecular formula is C10H11BrFNO3. The highest BCUT2D eigenvalue weighted by Gasteiger charge is 2.21. The number of benzene rings is 1. The van der Waals surface area contributed by atoms with Crippen molar-refractivity contribution in [2.45, 2.75) is 6.42 Å². The molecule has 0 unspecified atom stereocenters. The summed E-state index contributed by atoms with van der Waals surface area (Å²) >= 11 is 3.31. The second-order valence-electron chi connectivity index (χ2n) is 3.30. The molecule has 0 saturated heterocycles. The maximum atomic E-state index is 13.7. The lowest BCUT2D eigenvalue weighted by atomic mass is 10.1. The molecule has 2 N–H and O–H groups in total. The Kier molecular flexibility index (Phi) is 3.63. The number of fused-ring (bicyclic) bond motifs is 1. The van der Waals surface area contributed by atoms with Crippen LogP contribution in [0.25, 0.3) is 0 Å². The smallest absolute Gasteiger partial charge is 0.176 e. The zero-order valence-corrected chi connectivity index (χ0v) is 10.0. The molecule has 0 bridgehead atoms. The second kappa shape index (κ2) is 4.99. The summed E-state index contributed by atoms with van der Waals surface area (Å²) in [6.07, 6.45) is 0.375. The summed E-state index contributed by atoms with van der Waals surface area (Å²) in [7, 11) is 0. The van der Waals surface area contributed by atoms with E-state index in [-0.39, 0.29) is 12.4 Å². The minimum Gasteiger partial charge on any atom is -0.486 e. The van der Waals surface area contributed by atoms with E-state index in [9.17, 15) is 4.39 Å². The van der Waals surface area contributed by atoms with Crippen LogP contribution >= 0.6 is 15.9 Å². The quantitative estimate of drug-likeness (QED) is 0.863. The van der Waals surface area contributed by atoms with Gasteiger partial charge in [-0.05, 0) is 15.9 Å². The van der Waals surface area contributed by atoms with E-state index in [2.05, 4.69) is 20.8 Å². The van der Waals surface area contributed by atoms with Crippen LogP contribution in [0.1, 0.15) is 5.56 Å². The van der Waals surface area contributed by atoms with Crippen LogP contribution < -0.4 is 15.4 Å². The van der Waals surface area contributed by atoms with E-state index in [0.717, 1.165) is 0 Å². The third kappa shape index (κ3) is 2.14. The van der Waals surface area contributed by atoms with Crippen molar-refractivity contribution < 1.29 is 18.7 Å². The number of rotatable bonds is 3. The third-order valence-corrected chi connectivity index (χ3v) is 3.13. The summed E-state index contributed by atoms with van der Waals surface area (Å²) in [5.41, 5.74) is 0.481. The molecule has 88 valence electrons. The van der Waals surface area contributed by atoms with Crippen molar-refractivity contribution in [2.75, 3.05) is 19.8 Å². The summed E-state index contributed by atoms with van der Waals surface area (Å²) in [5.74, 6) is 5.53. The van der Waals surface area contributed by atoms with Crippen LogP contribution in [0.5, 0.6) is 11.5 Å². The average molecular weight is 292 g/mol. The molecule has 1 heterocycles. The Bertz CT molecular complexity index is 400. The fraction of sp³-hybridized carbons (Fsp3) is 0.400. The van der Waals surface area contributed by atoms with Crippen molar-refractivity contribution in [1.82, 2.24) is 0 Å². The zero-order chi connectivity index (χ0) is 11.5. The molecule has 0 saturated carbocycles. The van der Waals surface area contributed by atoms with E-state index >= 15 is 0 Å². The van der Waals surface area contributed by atoms with Crippen LogP contribution in [0.4, 0.5) is 4.39 Å². The van der Waals surface area contributed by atoms with Gasteiger partial charge in [0, 0.05) is 18.1 Å². The van der Waals surface area contributed by atoms with Gasteiger partial charge in [0.05, 0.1) is 11.1 Å². The monoisotopic (exact) mass is 291 g/mol. The van der Waals surface area contributed by atoms with Crippen LogP contribution in [0, 0.1) is 5.82 Å². The number of ether oxygens (including phenoxy) is 2. The molecule has 0 radical (unpaired) electrons. The molecule has 0 aromatic heterocycles. The highest BCUT2D eigenvalue weighted by atomic mass is 79.9. The van der Waals surface area contributed by atoms with Crippen LogP contribution in [0.2, 0.25) is 0 Å². The summed E-state index contributed by atoms with van der Waals surface area (Å²) in [6, 6.07) is 1.32. The summed E-state index contributed by atoms with van der Waals surface area (Å²) in [4.78, 5) is 4.44. The van der Waals surface area contributed by atoms with Crippen molar-refractivity contribution >= 4 is 15.9 Å². The Morgan fingerprint density at radius 2 is 2.19 bits per heavy atom. The lowest BCUT2D eigenvalue weighted by Crippen LogP contribution is -2.17. The third-order valence-electron chi connectivity index (χ3n) is 2.29. The Balaban J connectivity index is 2.37. The van der Waals surface area contributed by atoms with E-state index in [4.69, 9.17) is 15.4 Å². The first kappa shape index (κ1) is 11.6. The lowest BCUT2D eigenvalue weighted by Gasteiger charge is -2.21. The van der Waals surface area contributed by atoms with E-state index in [1.165, 1.54) is 6.07 Å². The normalized spacial score (nSPS) is 13.9. The minimum atomic E-state index is -0.354. The van der Waals surface area contributed by atoms with Crippen LogP contribution in [0.15, 0.2) is 10.5 Å². The summed E-state index contributed by atoms with van der Waals surface area (Å²) < 4.78 is 25.0. The molecule has 0 atom stereocenters. The molecule has 1 aliphatic rings. The number of hydrogen-bond acceptors (Lipinski definition) is 4. The molecule has 1 aromatic rings. The molecule has 1 aliphatic heterocycles. The largest absolute Gasteiger partial charge is 0.486 e. The van der Waals surface area contributed by atoms with Gasteiger partial charge in [0.15, 0.2) is 11.5 Å². The van der Waals surface area contributed by atoms with Crippen LogP contribution in [-0.2, 0) is 11.3 Å². The van der Waals surface area contributed by atoms with Gasteiger partial charge in [0.2, 0.25) is 0 Å². The van der Waals surface area contributed by atoms with Gasteiger partial charge in [-0.3, -0.25) is 0 Å². The van der Waals surface area contributed by atoms with Crippen LogP contribution in [-0.4, -0.2) is 19.8 Å². The fourth-order valence-electron chi connectivity index (χ4n) is 1.55. The number of halogens is 2. The highest BCUT2D eigenvalue weighted by molar-refractivity contribution is 9.10. The molecule has 0 amide bonds.